The van der Waals surface area contributed by atoms with E-state index in [2.05, 4.69) is 58.9 Å². The van der Waals surface area contributed by atoms with Crippen molar-refractivity contribution in [2.24, 2.45) is 5.92 Å². The van der Waals surface area contributed by atoms with Crippen LogP contribution in [0.2, 0.25) is 0 Å². The number of Topliss-reactive ketones (excluding diaryl/α,β-unsaturated/α-hetero) is 1. The van der Waals surface area contributed by atoms with Crippen molar-refractivity contribution in [1.82, 2.24) is 14.5 Å². The second-order valence-electron chi connectivity index (χ2n) is 8.52. The third-order valence-corrected chi connectivity index (χ3v) is 6.89. The number of nitrogens with zero attached hydrogens (tertiary/aromatic N) is 3. The fourth-order valence-electron chi connectivity index (χ4n) is 4.90. The van der Waals surface area contributed by atoms with Gasteiger partial charge < -0.3 is 9.47 Å². The molecule has 5 rings (SSSR count). The average molecular weight is 388 g/mol. The summed E-state index contributed by atoms with van der Waals surface area (Å²) in [6.07, 6.45) is 7.96. The van der Waals surface area contributed by atoms with Crippen LogP contribution >= 0.6 is 0 Å². The Labute approximate surface area is 172 Å². The molecule has 0 radical (unpaired) electrons. The molecule has 1 saturated carbocycles. The van der Waals surface area contributed by atoms with Gasteiger partial charge >= 0.3 is 0 Å². The Morgan fingerprint density at radius 2 is 1.79 bits per heavy atom. The fraction of sp³-hybridized carbons (Fsp3) is 0.440. The molecule has 1 aliphatic heterocycles. The molecule has 0 atom stereocenters. The molecule has 3 aromatic rings. The number of rotatable bonds is 5. The topological polar surface area (TPSA) is 38.1 Å². The zero-order valence-electron chi connectivity index (χ0n) is 17.2. The first-order valence-corrected chi connectivity index (χ1v) is 11.1. The van der Waals surface area contributed by atoms with Crippen LogP contribution in [0.4, 0.5) is 0 Å². The van der Waals surface area contributed by atoms with Crippen molar-refractivity contribution in [1.29, 1.82) is 0 Å². The molecule has 2 aliphatic rings. The molecule has 1 saturated heterocycles. The minimum atomic E-state index is 0.118. The van der Waals surface area contributed by atoms with Gasteiger partial charge in [-0.3, -0.25) is 4.79 Å². The lowest BCUT2D eigenvalue weighted by Crippen LogP contribution is -2.45. The number of benzene rings is 2. The maximum atomic E-state index is 13.2. The number of imidazole rings is 1. The fourth-order valence-corrected chi connectivity index (χ4v) is 4.90. The molecule has 1 aliphatic carbocycles. The standard InChI is InChI=1S/C25H29N3O/c1-2-27-17-23(24(29)19-13-15-28(16-14-19)20-9-6-10-20)26-25(27)22-12-5-8-18-7-3-4-11-21(18)22/h3-5,7-8,11-12,17,19-20H,2,6,9-10,13-16H2,1H3. The smallest absolute Gasteiger partial charge is 0.185 e. The first-order valence-electron chi connectivity index (χ1n) is 11.1. The summed E-state index contributed by atoms with van der Waals surface area (Å²) in [5, 5.41) is 2.38. The Kier molecular flexibility index (Phi) is 4.96. The summed E-state index contributed by atoms with van der Waals surface area (Å²) in [6, 6.07) is 15.5. The van der Waals surface area contributed by atoms with Gasteiger partial charge in [-0.25, -0.2) is 4.98 Å². The van der Waals surface area contributed by atoms with Crippen molar-refractivity contribution in [2.75, 3.05) is 13.1 Å². The van der Waals surface area contributed by atoms with Crippen LogP contribution in [0.15, 0.2) is 48.7 Å². The van der Waals surface area contributed by atoms with E-state index in [9.17, 15) is 4.79 Å². The van der Waals surface area contributed by atoms with E-state index in [1.165, 1.54) is 30.0 Å². The molecule has 2 fully saturated rings. The summed E-state index contributed by atoms with van der Waals surface area (Å²) >= 11 is 0. The van der Waals surface area contributed by atoms with Crippen LogP contribution in [0.3, 0.4) is 0 Å². The number of hydrogen-bond donors (Lipinski definition) is 0. The number of aryl methyl sites for hydroxylation is 1. The third-order valence-electron chi connectivity index (χ3n) is 6.89. The zero-order valence-corrected chi connectivity index (χ0v) is 17.2. The van der Waals surface area contributed by atoms with Gasteiger partial charge in [0.15, 0.2) is 5.78 Å². The summed E-state index contributed by atoms with van der Waals surface area (Å²) in [6.45, 7) is 5.04. The number of hydrogen-bond acceptors (Lipinski definition) is 3. The molecule has 2 heterocycles. The van der Waals surface area contributed by atoms with E-state index >= 15 is 0 Å². The maximum absolute atomic E-state index is 13.2. The van der Waals surface area contributed by atoms with Crippen LogP contribution in [0.5, 0.6) is 0 Å². The van der Waals surface area contributed by atoms with Crippen molar-refractivity contribution >= 4 is 16.6 Å². The zero-order chi connectivity index (χ0) is 19.8. The van der Waals surface area contributed by atoms with Gasteiger partial charge in [-0.15, -0.1) is 0 Å². The molecule has 0 bridgehead atoms. The number of likely N-dealkylation sites (tertiary alicyclic amines) is 1. The highest BCUT2D eigenvalue weighted by atomic mass is 16.1. The first kappa shape index (κ1) is 18.6. The van der Waals surface area contributed by atoms with Gasteiger partial charge in [0.1, 0.15) is 11.5 Å². The largest absolute Gasteiger partial charge is 0.330 e. The number of carbonyl (C=O) groups excluding carboxylic acids is 1. The Balaban J connectivity index is 1.41. The van der Waals surface area contributed by atoms with Gasteiger partial charge in [-0.1, -0.05) is 48.9 Å². The second-order valence-corrected chi connectivity index (χ2v) is 8.52. The molecular weight excluding hydrogens is 358 g/mol. The van der Waals surface area contributed by atoms with Gasteiger partial charge in [0.2, 0.25) is 0 Å². The number of fused-ring (bicyclic) bond motifs is 1. The molecule has 29 heavy (non-hydrogen) atoms. The Hall–Kier alpha value is -2.46. The van der Waals surface area contributed by atoms with Crippen molar-refractivity contribution in [3.05, 3.63) is 54.4 Å². The van der Waals surface area contributed by atoms with E-state index in [4.69, 9.17) is 4.98 Å². The molecule has 2 aromatic carbocycles. The van der Waals surface area contributed by atoms with Gasteiger partial charge in [-0.2, -0.15) is 0 Å². The Morgan fingerprint density at radius 3 is 2.52 bits per heavy atom. The summed E-state index contributed by atoms with van der Waals surface area (Å²) in [4.78, 5) is 20.7. The predicted molar refractivity (Wildman–Crippen MR) is 117 cm³/mol. The van der Waals surface area contributed by atoms with E-state index in [0.717, 1.165) is 49.9 Å². The lowest BCUT2D eigenvalue weighted by atomic mass is 9.86. The summed E-state index contributed by atoms with van der Waals surface area (Å²) < 4.78 is 2.12. The SMILES string of the molecule is CCn1cc(C(=O)C2CCN(C3CCC3)CC2)nc1-c1cccc2ccccc12. The normalized spacial score (nSPS) is 18.8. The number of carbonyl (C=O) groups is 1. The molecule has 0 spiro atoms. The minimum Gasteiger partial charge on any atom is -0.330 e. The number of aromatic nitrogens is 2. The third kappa shape index (κ3) is 3.40. The van der Waals surface area contributed by atoms with E-state index in [0.29, 0.717) is 5.69 Å². The Bertz CT molecular complexity index is 1020. The van der Waals surface area contributed by atoms with Crippen LogP contribution in [-0.4, -0.2) is 39.4 Å². The monoisotopic (exact) mass is 387 g/mol. The van der Waals surface area contributed by atoms with Crippen LogP contribution in [0.1, 0.15) is 49.5 Å². The molecule has 150 valence electrons. The van der Waals surface area contributed by atoms with E-state index in [-0.39, 0.29) is 11.7 Å². The first-order chi connectivity index (χ1) is 14.2. The van der Waals surface area contributed by atoms with Crippen LogP contribution in [0, 0.1) is 5.92 Å². The van der Waals surface area contributed by atoms with Crippen LogP contribution in [-0.2, 0) is 6.54 Å². The van der Waals surface area contributed by atoms with Gasteiger partial charge in [0.25, 0.3) is 0 Å². The summed E-state index contributed by atoms with van der Waals surface area (Å²) in [7, 11) is 0. The quantitative estimate of drug-likeness (QED) is 0.567. The predicted octanol–water partition coefficient (Wildman–Crippen LogP) is 5.17. The Morgan fingerprint density at radius 1 is 1.03 bits per heavy atom. The van der Waals surface area contributed by atoms with Crippen LogP contribution < -0.4 is 0 Å². The molecule has 0 amide bonds. The van der Waals surface area contributed by atoms with Crippen molar-refractivity contribution < 1.29 is 4.79 Å². The molecule has 4 heteroatoms. The van der Waals surface area contributed by atoms with Gasteiger partial charge in [-0.05, 0) is 56.5 Å². The maximum Gasteiger partial charge on any atom is 0.185 e. The molecule has 4 nitrogen and oxygen atoms in total. The molecule has 1 aromatic heterocycles. The molecular formula is C25H29N3O. The lowest BCUT2D eigenvalue weighted by Gasteiger charge is -2.41. The van der Waals surface area contributed by atoms with Gasteiger partial charge in [0.05, 0.1) is 0 Å². The average Bonchev–Trinajstić information content (AvgIpc) is 3.16. The number of piperidine rings is 1. The van der Waals surface area contributed by atoms with Crippen molar-refractivity contribution in [3.8, 4) is 11.4 Å². The summed E-state index contributed by atoms with van der Waals surface area (Å²) in [5.41, 5.74) is 1.74. The highest BCUT2D eigenvalue weighted by Crippen LogP contribution is 2.32. The van der Waals surface area contributed by atoms with E-state index in [1.807, 2.05) is 6.20 Å². The number of ketones is 1. The lowest BCUT2D eigenvalue weighted by molar-refractivity contribution is 0.0668. The highest BCUT2D eigenvalue weighted by molar-refractivity contribution is 5.98. The van der Waals surface area contributed by atoms with Crippen LogP contribution in [0.25, 0.3) is 22.2 Å². The van der Waals surface area contributed by atoms with E-state index < -0.39 is 0 Å². The van der Waals surface area contributed by atoms with Crippen molar-refractivity contribution in [2.45, 2.75) is 51.6 Å². The second kappa shape index (κ2) is 7.75. The molecule has 0 unspecified atom stereocenters. The summed E-state index contributed by atoms with van der Waals surface area (Å²) in [5.74, 6) is 1.25. The van der Waals surface area contributed by atoms with E-state index in [1.54, 1.807) is 0 Å². The van der Waals surface area contributed by atoms with Gasteiger partial charge in [0, 0.05) is 30.3 Å². The minimum absolute atomic E-state index is 0.118. The molecule has 0 N–H and O–H groups in total. The van der Waals surface area contributed by atoms with Crippen molar-refractivity contribution in [3.63, 3.8) is 0 Å². The highest BCUT2D eigenvalue weighted by Gasteiger charge is 2.32.